The Balaban J connectivity index is 1.47. The van der Waals surface area contributed by atoms with Crippen molar-refractivity contribution in [1.82, 2.24) is 20.0 Å². The van der Waals surface area contributed by atoms with Gasteiger partial charge in [-0.3, -0.25) is 9.59 Å². The molecule has 2 fully saturated rings. The van der Waals surface area contributed by atoms with Crippen molar-refractivity contribution in [2.45, 2.75) is 31.4 Å². The van der Waals surface area contributed by atoms with Gasteiger partial charge in [0.25, 0.3) is 5.91 Å². The molecular formula is C21H30N4O4. The van der Waals surface area contributed by atoms with E-state index in [0.717, 1.165) is 0 Å². The summed E-state index contributed by atoms with van der Waals surface area (Å²) in [5.41, 5.74) is 0.598. The van der Waals surface area contributed by atoms with Gasteiger partial charge in [-0.2, -0.15) is 0 Å². The van der Waals surface area contributed by atoms with Crippen LogP contribution >= 0.6 is 0 Å². The maximum absolute atomic E-state index is 12.6. The molecule has 2 N–H and O–H groups in total. The molecule has 8 nitrogen and oxygen atoms in total. The molecule has 1 aromatic carbocycles. The zero-order valence-corrected chi connectivity index (χ0v) is 17.1. The number of rotatable bonds is 3. The van der Waals surface area contributed by atoms with Gasteiger partial charge < -0.3 is 25.1 Å². The third-order valence-corrected chi connectivity index (χ3v) is 5.74. The highest BCUT2D eigenvalue weighted by atomic mass is 16.3. The standard InChI is InChI=1S/C21H30N4O4/c1-23(2)21(29)24-11-8-15(9-12-24)19(27)22-17-10-13-25(14-18(17)26)20(28)16-6-4-3-5-7-16/h3-7,15,17-18,26H,8-14H2,1-2H3,(H,22,27)/t17-,18-/m1/s1. The van der Waals surface area contributed by atoms with Crippen molar-refractivity contribution in [2.75, 3.05) is 40.3 Å². The molecule has 2 aliphatic heterocycles. The van der Waals surface area contributed by atoms with Gasteiger partial charge in [-0.1, -0.05) is 18.2 Å². The second-order valence-corrected chi connectivity index (χ2v) is 8.03. The number of carbonyl (C=O) groups excluding carboxylic acids is 3. The maximum atomic E-state index is 12.6. The molecule has 4 amide bonds. The van der Waals surface area contributed by atoms with Gasteiger partial charge in [-0.25, -0.2) is 4.79 Å². The minimum absolute atomic E-state index is 0.0327. The van der Waals surface area contributed by atoms with Crippen molar-refractivity contribution >= 4 is 17.8 Å². The van der Waals surface area contributed by atoms with E-state index in [2.05, 4.69) is 5.32 Å². The Labute approximate surface area is 171 Å². The number of amides is 4. The Bertz CT molecular complexity index is 731. The van der Waals surface area contributed by atoms with Crippen LogP contribution in [0.2, 0.25) is 0 Å². The summed E-state index contributed by atoms with van der Waals surface area (Å²) in [5, 5.41) is 13.5. The number of aliphatic hydroxyl groups is 1. The van der Waals surface area contributed by atoms with E-state index >= 15 is 0 Å². The van der Waals surface area contributed by atoms with Crippen molar-refractivity contribution in [3.63, 3.8) is 0 Å². The molecule has 3 rings (SSSR count). The number of hydrogen-bond acceptors (Lipinski definition) is 4. The fourth-order valence-electron chi connectivity index (χ4n) is 3.96. The van der Waals surface area contributed by atoms with Crippen molar-refractivity contribution in [3.05, 3.63) is 35.9 Å². The number of nitrogens with zero attached hydrogens (tertiary/aromatic N) is 3. The van der Waals surface area contributed by atoms with E-state index < -0.39 is 6.10 Å². The van der Waals surface area contributed by atoms with Gasteiger partial charge in [0.15, 0.2) is 0 Å². The number of aliphatic hydroxyl groups excluding tert-OH is 1. The minimum Gasteiger partial charge on any atom is -0.389 e. The van der Waals surface area contributed by atoms with Crippen molar-refractivity contribution in [2.24, 2.45) is 5.92 Å². The van der Waals surface area contributed by atoms with Crippen LogP contribution in [0.25, 0.3) is 0 Å². The topological polar surface area (TPSA) is 93.2 Å². The summed E-state index contributed by atoms with van der Waals surface area (Å²) >= 11 is 0. The normalized spacial score (nSPS) is 22.9. The smallest absolute Gasteiger partial charge is 0.319 e. The number of β-amino-alcohol motifs (C(OH)–C–C–N with tert-alkyl or cyclic N) is 1. The molecule has 2 saturated heterocycles. The first-order valence-electron chi connectivity index (χ1n) is 10.2. The molecule has 0 radical (unpaired) electrons. The molecule has 2 heterocycles. The van der Waals surface area contributed by atoms with Crippen LogP contribution in [-0.4, -0.2) is 90.1 Å². The zero-order chi connectivity index (χ0) is 21.0. The molecule has 0 aliphatic carbocycles. The fourth-order valence-corrected chi connectivity index (χ4v) is 3.96. The Morgan fingerprint density at radius 1 is 1.00 bits per heavy atom. The van der Waals surface area contributed by atoms with Crippen LogP contribution in [0.1, 0.15) is 29.6 Å². The van der Waals surface area contributed by atoms with E-state index in [0.29, 0.717) is 44.5 Å². The van der Waals surface area contributed by atoms with Gasteiger partial charge in [0.05, 0.1) is 12.1 Å². The van der Waals surface area contributed by atoms with Gasteiger partial charge in [-0.05, 0) is 31.4 Å². The summed E-state index contributed by atoms with van der Waals surface area (Å²) in [5.74, 6) is -0.335. The molecule has 0 spiro atoms. The highest BCUT2D eigenvalue weighted by Crippen LogP contribution is 2.20. The lowest BCUT2D eigenvalue weighted by atomic mass is 9.94. The number of benzene rings is 1. The molecular weight excluding hydrogens is 372 g/mol. The first-order chi connectivity index (χ1) is 13.9. The summed E-state index contributed by atoms with van der Waals surface area (Å²) in [7, 11) is 3.44. The quantitative estimate of drug-likeness (QED) is 0.781. The monoisotopic (exact) mass is 402 g/mol. The van der Waals surface area contributed by atoms with Gasteiger partial charge in [0, 0.05) is 51.8 Å². The van der Waals surface area contributed by atoms with E-state index in [9.17, 15) is 19.5 Å². The number of hydrogen-bond donors (Lipinski definition) is 2. The Hall–Kier alpha value is -2.61. The third-order valence-electron chi connectivity index (χ3n) is 5.74. The summed E-state index contributed by atoms with van der Waals surface area (Å²) in [6, 6.07) is 8.61. The Morgan fingerprint density at radius 3 is 2.21 bits per heavy atom. The summed E-state index contributed by atoms with van der Waals surface area (Å²) in [4.78, 5) is 42.1. The van der Waals surface area contributed by atoms with E-state index in [-0.39, 0.29) is 36.3 Å². The van der Waals surface area contributed by atoms with E-state index in [1.54, 1.807) is 40.9 Å². The predicted molar refractivity (Wildman–Crippen MR) is 108 cm³/mol. The van der Waals surface area contributed by atoms with Gasteiger partial charge in [0.2, 0.25) is 5.91 Å². The van der Waals surface area contributed by atoms with Gasteiger partial charge in [-0.15, -0.1) is 0 Å². The number of nitrogens with one attached hydrogen (secondary N) is 1. The summed E-state index contributed by atoms with van der Waals surface area (Å²) in [6.07, 6.45) is 0.958. The average molecular weight is 402 g/mol. The number of piperidine rings is 2. The molecule has 0 bridgehead atoms. The lowest BCUT2D eigenvalue weighted by Gasteiger charge is -2.38. The molecule has 2 aliphatic rings. The van der Waals surface area contributed by atoms with Crippen LogP contribution in [0.5, 0.6) is 0 Å². The molecule has 158 valence electrons. The maximum Gasteiger partial charge on any atom is 0.319 e. The second kappa shape index (κ2) is 9.26. The molecule has 0 aromatic heterocycles. The SMILES string of the molecule is CN(C)C(=O)N1CCC(C(=O)N[C@@H]2CCN(C(=O)c3ccccc3)C[C@H]2O)CC1. The molecule has 1 aromatic rings. The molecule has 8 heteroatoms. The van der Waals surface area contributed by atoms with Gasteiger partial charge >= 0.3 is 6.03 Å². The van der Waals surface area contributed by atoms with E-state index in [1.165, 1.54) is 0 Å². The average Bonchev–Trinajstić information content (AvgIpc) is 2.74. The molecule has 0 unspecified atom stereocenters. The highest BCUT2D eigenvalue weighted by molar-refractivity contribution is 5.94. The fraction of sp³-hybridized carbons (Fsp3) is 0.571. The van der Waals surface area contributed by atoms with Crippen LogP contribution < -0.4 is 5.32 Å². The number of urea groups is 1. The molecule has 2 atom stereocenters. The van der Waals surface area contributed by atoms with Crippen LogP contribution in [-0.2, 0) is 4.79 Å². The lowest BCUT2D eigenvalue weighted by Crippen LogP contribution is -2.56. The van der Waals surface area contributed by atoms with Crippen molar-refractivity contribution in [1.29, 1.82) is 0 Å². The minimum atomic E-state index is -0.796. The van der Waals surface area contributed by atoms with E-state index in [1.807, 2.05) is 18.2 Å². The first kappa shape index (κ1) is 21.1. The summed E-state index contributed by atoms with van der Waals surface area (Å²) in [6.45, 7) is 1.81. The number of likely N-dealkylation sites (tertiary alicyclic amines) is 2. The third kappa shape index (κ3) is 5.06. The lowest BCUT2D eigenvalue weighted by molar-refractivity contribution is -0.128. The predicted octanol–water partition coefficient (Wildman–Crippen LogP) is 0.772. The highest BCUT2D eigenvalue weighted by Gasteiger charge is 2.34. The second-order valence-electron chi connectivity index (χ2n) is 8.03. The van der Waals surface area contributed by atoms with Crippen LogP contribution in [0.3, 0.4) is 0 Å². The van der Waals surface area contributed by atoms with E-state index in [4.69, 9.17) is 0 Å². The summed E-state index contributed by atoms with van der Waals surface area (Å²) < 4.78 is 0. The van der Waals surface area contributed by atoms with Gasteiger partial charge in [0.1, 0.15) is 0 Å². The Morgan fingerprint density at radius 2 is 1.62 bits per heavy atom. The number of carbonyl (C=O) groups is 3. The van der Waals surface area contributed by atoms with Crippen molar-refractivity contribution in [3.8, 4) is 0 Å². The largest absolute Gasteiger partial charge is 0.389 e. The van der Waals surface area contributed by atoms with Crippen LogP contribution in [0.4, 0.5) is 4.79 Å². The van der Waals surface area contributed by atoms with Crippen LogP contribution in [0, 0.1) is 5.92 Å². The van der Waals surface area contributed by atoms with Crippen molar-refractivity contribution < 1.29 is 19.5 Å². The molecule has 0 saturated carbocycles. The Kier molecular flexibility index (Phi) is 6.74. The zero-order valence-electron chi connectivity index (χ0n) is 17.1. The molecule has 29 heavy (non-hydrogen) atoms. The first-order valence-corrected chi connectivity index (χ1v) is 10.2. The van der Waals surface area contributed by atoms with Crippen LogP contribution in [0.15, 0.2) is 30.3 Å².